The van der Waals surface area contributed by atoms with Gasteiger partial charge in [-0.3, -0.25) is 4.79 Å². The number of hydrogen-bond donors (Lipinski definition) is 0. The summed E-state index contributed by atoms with van der Waals surface area (Å²) in [5, 5.41) is 0. The summed E-state index contributed by atoms with van der Waals surface area (Å²) < 4.78 is 27.9. The minimum atomic E-state index is -3.79. The Kier molecular flexibility index (Phi) is 6.27. The second-order valence-corrected chi connectivity index (χ2v) is 8.80. The smallest absolute Gasteiger partial charge is 0.244 e. The minimum Gasteiger partial charge on any atom is -0.293 e. The first-order chi connectivity index (χ1) is 13.4. The maximum atomic E-state index is 13.3. The predicted octanol–water partition coefficient (Wildman–Crippen LogP) is 4.38. The van der Waals surface area contributed by atoms with Crippen molar-refractivity contribution in [1.29, 1.82) is 0 Å². The molecule has 0 aromatic heterocycles. The summed E-state index contributed by atoms with van der Waals surface area (Å²) in [6.45, 7) is 4.12. The monoisotopic (exact) mass is 395 g/mol. The van der Waals surface area contributed by atoms with Crippen molar-refractivity contribution < 1.29 is 13.2 Å². The molecule has 28 heavy (non-hydrogen) atoms. The predicted molar refractivity (Wildman–Crippen MR) is 112 cm³/mol. The SMILES string of the molecule is CCC/C=C/C(=O)C1C(c2ccccc2)=CCN1S(=O)(=O)c1ccc(C)cc1. The molecule has 0 N–H and O–H groups in total. The first kappa shape index (κ1) is 20.2. The lowest BCUT2D eigenvalue weighted by atomic mass is 9.97. The van der Waals surface area contributed by atoms with Crippen molar-refractivity contribution in [2.45, 2.75) is 37.6 Å². The maximum Gasteiger partial charge on any atom is 0.244 e. The van der Waals surface area contributed by atoms with Crippen LogP contribution in [0.15, 0.2) is 77.7 Å². The molecule has 2 aromatic rings. The summed E-state index contributed by atoms with van der Waals surface area (Å²) in [6.07, 6.45) is 6.90. The number of aryl methyl sites for hydroxylation is 1. The normalized spacial score (nSPS) is 17.8. The summed E-state index contributed by atoms with van der Waals surface area (Å²) >= 11 is 0. The molecule has 0 saturated heterocycles. The molecule has 1 aliphatic rings. The molecular weight excluding hydrogens is 370 g/mol. The third kappa shape index (κ3) is 4.16. The zero-order valence-corrected chi connectivity index (χ0v) is 17.0. The van der Waals surface area contributed by atoms with E-state index in [4.69, 9.17) is 0 Å². The van der Waals surface area contributed by atoms with Crippen LogP contribution in [0.4, 0.5) is 0 Å². The fourth-order valence-electron chi connectivity index (χ4n) is 3.30. The van der Waals surface area contributed by atoms with E-state index in [-0.39, 0.29) is 17.2 Å². The molecule has 5 heteroatoms. The molecule has 0 saturated carbocycles. The molecule has 0 bridgehead atoms. The van der Waals surface area contributed by atoms with E-state index in [1.54, 1.807) is 24.3 Å². The van der Waals surface area contributed by atoms with Gasteiger partial charge in [0.2, 0.25) is 10.0 Å². The van der Waals surface area contributed by atoms with Gasteiger partial charge in [0.25, 0.3) is 0 Å². The third-order valence-electron chi connectivity index (χ3n) is 4.82. The van der Waals surface area contributed by atoms with Gasteiger partial charge in [0.05, 0.1) is 4.90 Å². The van der Waals surface area contributed by atoms with Gasteiger partial charge in [-0.05, 0) is 42.7 Å². The van der Waals surface area contributed by atoms with Crippen LogP contribution in [0.5, 0.6) is 0 Å². The summed E-state index contributed by atoms with van der Waals surface area (Å²) in [5.41, 5.74) is 2.59. The first-order valence-corrected chi connectivity index (χ1v) is 10.9. The van der Waals surface area contributed by atoms with Crippen LogP contribution in [0, 0.1) is 6.92 Å². The van der Waals surface area contributed by atoms with Gasteiger partial charge in [0.15, 0.2) is 5.78 Å². The van der Waals surface area contributed by atoms with Gasteiger partial charge in [0.1, 0.15) is 6.04 Å². The zero-order chi connectivity index (χ0) is 20.1. The highest BCUT2D eigenvalue weighted by molar-refractivity contribution is 7.89. The van der Waals surface area contributed by atoms with Gasteiger partial charge in [-0.1, -0.05) is 73.5 Å². The molecule has 1 heterocycles. The summed E-state index contributed by atoms with van der Waals surface area (Å²) in [6, 6.07) is 15.4. The lowest BCUT2D eigenvalue weighted by Gasteiger charge is -2.25. The molecule has 1 aliphatic heterocycles. The van der Waals surface area contributed by atoms with Gasteiger partial charge in [0, 0.05) is 6.54 Å². The van der Waals surface area contributed by atoms with Crippen LogP contribution >= 0.6 is 0 Å². The lowest BCUT2D eigenvalue weighted by Crippen LogP contribution is -2.41. The topological polar surface area (TPSA) is 54.5 Å². The van der Waals surface area contributed by atoms with Crippen molar-refractivity contribution in [3.05, 3.63) is 84.0 Å². The number of unbranched alkanes of at least 4 members (excludes halogenated alkanes) is 1. The average molecular weight is 396 g/mol. The minimum absolute atomic E-state index is 0.179. The number of sulfonamides is 1. The number of hydrogen-bond acceptors (Lipinski definition) is 3. The molecule has 0 fully saturated rings. The number of allylic oxidation sites excluding steroid dienone is 1. The van der Waals surface area contributed by atoms with Crippen LogP contribution in [0.3, 0.4) is 0 Å². The van der Waals surface area contributed by atoms with Crippen molar-refractivity contribution in [2.24, 2.45) is 0 Å². The molecule has 0 amide bonds. The number of ketones is 1. The average Bonchev–Trinajstić information content (AvgIpc) is 3.15. The van der Waals surface area contributed by atoms with E-state index < -0.39 is 16.1 Å². The quantitative estimate of drug-likeness (QED) is 0.654. The largest absolute Gasteiger partial charge is 0.293 e. The van der Waals surface area contributed by atoms with Crippen molar-refractivity contribution in [3.8, 4) is 0 Å². The van der Waals surface area contributed by atoms with Crippen LogP contribution in [0.2, 0.25) is 0 Å². The Balaban J connectivity index is 2.00. The number of carbonyl (C=O) groups excluding carboxylic acids is 1. The van der Waals surface area contributed by atoms with Crippen molar-refractivity contribution in [2.75, 3.05) is 6.54 Å². The Labute approximate surface area is 167 Å². The highest BCUT2D eigenvalue weighted by Crippen LogP contribution is 2.33. The van der Waals surface area contributed by atoms with E-state index in [1.165, 1.54) is 10.4 Å². The fourth-order valence-corrected chi connectivity index (χ4v) is 4.82. The molecule has 1 atom stereocenters. The summed E-state index contributed by atoms with van der Waals surface area (Å²) in [4.78, 5) is 13.2. The summed E-state index contributed by atoms with van der Waals surface area (Å²) in [7, 11) is -3.79. The van der Waals surface area contributed by atoms with E-state index in [9.17, 15) is 13.2 Å². The Bertz CT molecular complexity index is 990. The van der Waals surface area contributed by atoms with Gasteiger partial charge < -0.3 is 0 Å². The fraction of sp³-hybridized carbons (Fsp3) is 0.261. The van der Waals surface area contributed by atoms with Crippen LogP contribution in [-0.2, 0) is 14.8 Å². The van der Waals surface area contributed by atoms with Crippen molar-refractivity contribution in [3.63, 3.8) is 0 Å². The number of rotatable bonds is 7. The molecule has 0 spiro atoms. The standard InChI is InChI=1S/C23H25NO3S/c1-3-4-6-11-22(25)23-21(19-9-7-5-8-10-19)16-17-24(23)28(26,27)20-14-12-18(2)13-15-20/h5-16,23H,3-4,17H2,1-2H3/b11-6+. The van der Waals surface area contributed by atoms with Crippen LogP contribution in [0.25, 0.3) is 5.57 Å². The molecule has 2 aromatic carbocycles. The van der Waals surface area contributed by atoms with E-state index in [0.29, 0.717) is 0 Å². The van der Waals surface area contributed by atoms with E-state index in [0.717, 1.165) is 29.5 Å². The van der Waals surface area contributed by atoms with Gasteiger partial charge in [-0.2, -0.15) is 4.31 Å². The maximum absolute atomic E-state index is 13.3. The van der Waals surface area contributed by atoms with Gasteiger partial charge >= 0.3 is 0 Å². The summed E-state index contributed by atoms with van der Waals surface area (Å²) in [5.74, 6) is -0.211. The Morgan fingerprint density at radius 2 is 1.79 bits per heavy atom. The van der Waals surface area contributed by atoms with Crippen LogP contribution in [0.1, 0.15) is 30.9 Å². The van der Waals surface area contributed by atoms with Gasteiger partial charge in [-0.25, -0.2) is 8.42 Å². The van der Waals surface area contributed by atoms with Crippen molar-refractivity contribution >= 4 is 21.4 Å². The molecule has 146 valence electrons. The molecule has 0 radical (unpaired) electrons. The van der Waals surface area contributed by atoms with E-state index >= 15 is 0 Å². The highest BCUT2D eigenvalue weighted by Gasteiger charge is 2.40. The molecule has 3 rings (SSSR count). The van der Waals surface area contributed by atoms with Crippen LogP contribution in [-0.4, -0.2) is 31.1 Å². The number of benzene rings is 2. The molecular formula is C23H25NO3S. The Hall–Kier alpha value is -2.50. The van der Waals surface area contributed by atoms with Gasteiger partial charge in [-0.15, -0.1) is 0 Å². The zero-order valence-electron chi connectivity index (χ0n) is 16.2. The highest BCUT2D eigenvalue weighted by atomic mass is 32.2. The molecule has 0 aliphatic carbocycles. The van der Waals surface area contributed by atoms with Crippen molar-refractivity contribution in [1.82, 2.24) is 4.31 Å². The molecule has 4 nitrogen and oxygen atoms in total. The number of carbonyl (C=O) groups is 1. The van der Waals surface area contributed by atoms with E-state index in [1.807, 2.05) is 56.3 Å². The first-order valence-electron chi connectivity index (χ1n) is 9.49. The van der Waals surface area contributed by atoms with Crippen LogP contribution < -0.4 is 0 Å². The molecule has 1 unspecified atom stereocenters. The second-order valence-electron chi connectivity index (χ2n) is 6.91. The van der Waals surface area contributed by atoms with E-state index in [2.05, 4.69) is 0 Å². The third-order valence-corrected chi connectivity index (χ3v) is 6.66. The second kappa shape index (κ2) is 8.67. The number of nitrogens with zero attached hydrogens (tertiary/aromatic N) is 1. The Morgan fingerprint density at radius 3 is 2.43 bits per heavy atom. The lowest BCUT2D eigenvalue weighted by molar-refractivity contribution is -0.116. The Morgan fingerprint density at radius 1 is 1.11 bits per heavy atom.